The van der Waals surface area contributed by atoms with Gasteiger partial charge in [-0.25, -0.2) is 4.79 Å². The maximum atomic E-state index is 12.8. The first-order valence-electron chi connectivity index (χ1n) is 8.57. The van der Waals surface area contributed by atoms with Crippen molar-refractivity contribution >= 4 is 41.7 Å². The maximum absolute atomic E-state index is 12.8. The molecule has 7 nitrogen and oxygen atoms in total. The van der Waals surface area contributed by atoms with E-state index in [4.69, 9.17) is 21.1 Å². The Labute approximate surface area is 184 Å². The highest BCUT2D eigenvalue weighted by Gasteiger charge is 2.31. The Bertz CT molecular complexity index is 1030. The highest BCUT2D eigenvalue weighted by atomic mass is 35.5. The number of carbonyl (C=O) groups excluding carboxylic acids is 2. The third-order valence-electron chi connectivity index (χ3n) is 3.97. The lowest BCUT2D eigenvalue weighted by atomic mass is 10.1. The minimum absolute atomic E-state index is 0.124. The molecule has 12 heteroatoms. The molecular weight excluding hydrogens is 463 g/mol. The molecule has 0 bridgehead atoms. The number of hydrogen-bond acceptors (Lipinski definition) is 7. The molecule has 31 heavy (non-hydrogen) atoms. The van der Waals surface area contributed by atoms with Gasteiger partial charge in [0.2, 0.25) is 0 Å². The Morgan fingerprint density at radius 1 is 1.16 bits per heavy atom. The molecule has 0 heterocycles. The first kappa shape index (κ1) is 24.5. The second-order valence-corrected chi connectivity index (χ2v) is 7.49. The van der Waals surface area contributed by atoms with E-state index in [2.05, 4.69) is 12.6 Å². The molecule has 0 aliphatic rings. The Balaban J connectivity index is 2.34. The van der Waals surface area contributed by atoms with Gasteiger partial charge in [0.05, 0.1) is 20.8 Å². The second-order valence-electron chi connectivity index (χ2n) is 6.31. The molecule has 0 amide bonds. The SMILES string of the molecule is CC(S)C(=O)C(C)OC(=O)c1cc(Oc2ccc(C(F)(F)F)cc2Cl)ccc1[N+](=O)[O-]. The zero-order valence-electron chi connectivity index (χ0n) is 16.0. The molecule has 0 fully saturated rings. The van der Waals surface area contributed by atoms with Crippen LogP contribution in [0.25, 0.3) is 0 Å². The van der Waals surface area contributed by atoms with Gasteiger partial charge in [-0.1, -0.05) is 11.6 Å². The minimum atomic E-state index is -4.61. The average molecular weight is 478 g/mol. The number of nitro benzene ring substituents is 1. The van der Waals surface area contributed by atoms with Crippen molar-refractivity contribution < 1.29 is 37.2 Å². The fourth-order valence-electron chi connectivity index (χ4n) is 2.41. The highest BCUT2D eigenvalue weighted by molar-refractivity contribution is 7.81. The van der Waals surface area contributed by atoms with Gasteiger partial charge in [-0.2, -0.15) is 25.8 Å². The third-order valence-corrected chi connectivity index (χ3v) is 4.52. The van der Waals surface area contributed by atoms with E-state index in [1.165, 1.54) is 13.8 Å². The van der Waals surface area contributed by atoms with Crippen LogP contribution >= 0.6 is 24.2 Å². The van der Waals surface area contributed by atoms with Crippen LogP contribution in [0.2, 0.25) is 5.02 Å². The first-order valence-corrected chi connectivity index (χ1v) is 9.46. The van der Waals surface area contributed by atoms with Crippen molar-refractivity contribution in [3.8, 4) is 11.5 Å². The van der Waals surface area contributed by atoms with Crippen LogP contribution in [-0.2, 0) is 15.7 Å². The number of carbonyl (C=O) groups is 2. The monoisotopic (exact) mass is 477 g/mol. The largest absolute Gasteiger partial charge is 0.456 e. The zero-order chi connectivity index (χ0) is 23.5. The van der Waals surface area contributed by atoms with Crippen LogP contribution in [0.5, 0.6) is 11.5 Å². The van der Waals surface area contributed by atoms with Gasteiger partial charge in [-0.15, -0.1) is 0 Å². The summed E-state index contributed by atoms with van der Waals surface area (Å²) in [7, 11) is 0. The van der Waals surface area contributed by atoms with Gasteiger partial charge >= 0.3 is 12.1 Å². The van der Waals surface area contributed by atoms with Gasteiger partial charge in [0, 0.05) is 12.1 Å². The molecule has 2 aromatic rings. The molecule has 2 unspecified atom stereocenters. The van der Waals surface area contributed by atoms with Crippen molar-refractivity contribution in [1.29, 1.82) is 0 Å². The molecule has 0 aliphatic heterocycles. The van der Waals surface area contributed by atoms with Crippen molar-refractivity contribution in [2.45, 2.75) is 31.4 Å². The number of rotatable bonds is 7. The molecule has 2 atom stereocenters. The van der Waals surface area contributed by atoms with Crippen LogP contribution in [0.3, 0.4) is 0 Å². The fraction of sp³-hybridized carbons (Fsp3) is 0.263. The Morgan fingerprint density at radius 2 is 1.81 bits per heavy atom. The van der Waals surface area contributed by atoms with Gasteiger partial charge < -0.3 is 9.47 Å². The van der Waals surface area contributed by atoms with Crippen LogP contribution in [0.4, 0.5) is 18.9 Å². The van der Waals surface area contributed by atoms with Gasteiger partial charge in [-0.05, 0) is 38.1 Å². The van der Waals surface area contributed by atoms with Crippen molar-refractivity contribution in [2.75, 3.05) is 0 Å². The van der Waals surface area contributed by atoms with Crippen LogP contribution in [-0.4, -0.2) is 28.0 Å². The summed E-state index contributed by atoms with van der Waals surface area (Å²) >= 11 is 9.78. The summed E-state index contributed by atoms with van der Waals surface area (Å²) in [6, 6.07) is 5.43. The third kappa shape index (κ3) is 6.11. The topological polar surface area (TPSA) is 95.7 Å². The van der Waals surface area contributed by atoms with E-state index in [9.17, 15) is 32.9 Å². The van der Waals surface area contributed by atoms with E-state index in [-0.39, 0.29) is 16.5 Å². The van der Waals surface area contributed by atoms with E-state index >= 15 is 0 Å². The lowest BCUT2D eigenvalue weighted by Gasteiger charge is -2.15. The fourth-order valence-corrected chi connectivity index (χ4v) is 2.84. The number of alkyl halides is 3. The number of halogens is 4. The molecule has 166 valence electrons. The van der Waals surface area contributed by atoms with Crippen LogP contribution in [0, 0.1) is 10.1 Å². The first-order chi connectivity index (χ1) is 14.3. The van der Waals surface area contributed by atoms with E-state index in [1.807, 2.05) is 0 Å². The van der Waals surface area contributed by atoms with Crippen LogP contribution < -0.4 is 4.74 Å². The van der Waals surface area contributed by atoms with Crippen molar-refractivity contribution in [2.24, 2.45) is 0 Å². The number of esters is 1. The molecule has 0 aromatic heterocycles. The Morgan fingerprint density at radius 3 is 2.32 bits per heavy atom. The van der Waals surface area contributed by atoms with E-state index < -0.39 is 51.0 Å². The van der Waals surface area contributed by atoms with Crippen molar-refractivity contribution in [3.63, 3.8) is 0 Å². The van der Waals surface area contributed by atoms with Crippen LogP contribution in [0.1, 0.15) is 29.8 Å². The number of thiol groups is 1. The zero-order valence-corrected chi connectivity index (χ0v) is 17.6. The standard InChI is InChI=1S/C19H15ClF3NO6S/c1-9(17(25)10(2)31)29-18(26)13-8-12(4-5-15(13)24(27)28)30-16-6-3-11(7-14(16)20)19(21,22)23/h3-10,31H,1-2H3. The minimum Gasteiger partial charge on any atom is -0.456 e. The van der Waals surface area contributed by atoms with Crippen LogP contribution in [0.15, 0.2) is 36.4 Å². The summed E-state index contributed by atoms with van der Waals surface area (Å²) in [6.45, 7) is 2.77. The number of hydrogen-bond donors (Lipinski definition) is 1. The molecule has 2 rings (SSSR count). The Kier molecular flexibility index (Phi) is 7.55. The normalized spacial score (nSPS) is 13.3. The summed E-state index contributed by atoms with van der Waals surface area (Å²) in [5.74, 6) is -1.97. The number of benzene rings is 2. The Hall–Kier alpha value is -2.79. The number of ketones is 1. The van der Waals surface area contributed by atoms with Crippen molar-refractivity contribution in [1.82, 2.24) is 0 Å². The number of ether oxygens (including phenoxy) is 2. The molecule has 0 saturated carbocycles. The summed E-state index contributed by atoms with van der Waals surface area (Å²) < 4.78 is 48.6. The summed E-state index contributed by atoms with van der Waals surface area (Å²) in [6.07, 6.45) is -5.82. The van der Waals surface area contributed by atoms with Gasteiger partial charge in [0.25, 0.3) is 5.69 Å². The molecule has 0 radical (unpaired) electrons. The summed E-state index contributed by atoms with van der Waals surface area (Å²) in [5, 5.41) is 10.2. The highest BCUT2D eigenvalue weighted by Crippen LogP contribution is 2.37. The van der Waals surface area contributed by atoms with Crippen molar-refractivity contribution in [3.05, 3.63) is 62.7 Å². The predicted octanol–water partition coefficient (Wildman–Crippen LogP) is 5.49. The van der Waals surface area contributed by atoms with Gasteiger partial charge in [0.1, 0.15) is 17.1 Å². The lowest BCUT2D eigenvalue weighted by molar-refractivity contribution is -0.385. The van der Waals surface area contributed by atoms with E-state index in [0.717, 1.165) is 30.3 Å². The van der Waals surface area contributed by atoms with E-state index in [1.54, 1.807) is 0 Å². The van der Waals surface area contributed by atoms with Gasteiger partial charge in [-0.3, -0.25) is 14.9 Å². The average Bonchev–Trinajstić information content (AvgIpc) is 2.67. The molecule has 2 aromatic carbocycles. The maximum Gasteiger partial charge on any atom is 0.416 e. The van der Waals surface area contributed by atoms with Gasteiger partial charge in [0.15, 0.2) is 11.9 Å². The molecule has 0 N–H and O–H groups in total. The van der Waals surface area contributed by atoms with E-state index in [0.29, 0.717) is 6.07 Å². The molecule has 0 aliphatic carbocycles. The number of nitro groups is 1. The molecule has 0 spiro atoms. The second kappa shape index (κ2) is 9.56. The predicted molar refractivity (Wildman–Crippen MR) is 108 cm³/mol. The molecular formula is C19H15ClF3NO6S. The lowest BCUT2D eigenvalue weighted by Crippen LogP contribution is -2.29. The smallest absolute Gasteiger partial charge is 0.416 e. The summed E-state index contributed by atoms with van der Waals surface area (Å²) in [5.41, 5.74) is -2.12. The molecule has 0 saturated heterocycles. The number of nitrogens with zero attached hydrogens (tertiary/aromatic N) is 1. The number of Topliss-reactive ketones (excluding diaryl/α,β-unsaturated/α-hetero) is 1. The quantitative estimate of drug-likeness (QED) is 0.245. The summed E-state index contributed by atoms with van der Waals surface area (Å²) in [4.78, 5) is 34.7.